The summed E-state index contributed by atoms with van der Waals surface area (Å²) in [5, 5.41) is 0. The molecule has 0 N–H and O–H groups in total. The highest BCUT2D eigenvalue weighted by Gasteiger charge is 2.13. The molecule has 1 heterocycles. The Morgan fingerprint density at radius 3 is 2.86 bits per heavy atom. The summed E-state index contributed by atoms with van der Waals surface area (Å²) < 4.78 is 4.91. The molecule has 0 aromatic heterocycles. The normalized spacial score (nSPS) is 15.8. The zero-order valence-corrected chi connectivity index (χ0v) is 8.78. The molecule has 0 saturated heterocycles. The van der Waals surface area contributed by atoms with E-state index in [2.05, 4.69) is 0 Å². The molecule has 0 spiro atoms. The summed E-state index contributed by atoms with van der Waals surface area (Å²) in [6, 6.07) is 0. The number of carbonyl (C=O) groups is 1. The second kappa shape index (κ2) is 4.65. The fourth-order valence-corrected chi connectivity index (χ4v) is 1.24. The van der Waals surface area contributed by atoms with Crippen LogP contribution in [0.2, 0.25) is 0 Å². The number of ether oxygens (including phenoxy) is 1. The first-order valence-corrected chi connectivity index (χ1v) is 4.64. The van der Waals surface area contributed by atoms with Gasteiger partial charge in [0, 0.05) is 11.9 Å². The third-order valence-electron chi connectivity index (χ3n) is 1.88. The summed E-state index contributed by atoms with van der Waals surface area (Å²) in [6.45, 7) is 6.05. The van der Waals surface area contributed by atoms with Crippen LogP contribution in [0.3, 0.4) is 0 Å². The van der Waals surface area contributed by atoms with Crippen molar-refractivity contribution in [1.29, 1.82) is 0 Å². The van der Waals surface area contributed by atoms with Crippen molar-refractivity contribution >= 4 is 6.09 Å². The number of amides is 1. The predicted molar refractivity (Wildman–Crippen MR) is 55.5 cm³/mol. The molecule has 3 heteroatoms. The summed E-state index contributed by atoms with van der Waals surface area (Å²) in [6.07, 6.45) is 7.10. The molecule has 76 valence electrons. The topological polar surface area (TPSA) is 29.5 Å². The second-order valence-corrected chi connectivity index (χ2v) is 3.11. The van der Waals surface area contributed by atoms with Gasteiger partial charge in [-0.3, -0.25) is 4.90 Å². The Kier molecular flexibility index (Phi) is 3.51. The summed E-state index contributed by atoms with van der Waals surface area (Å²) >= 11 is 0. The largest absolute Gasteiger partial charge is 0.449 e. The molecule has 0 aromatic carbocycles. The zero-order valence-electron chi connectivity index (χ0n) is 8.78. The monoisotopic (exact) mass is 193 g/mol. The minimum Gasteiger partial charge on any atom is -0.449 e. The third kappa shape index (κ3) is 2.49. The molecule has 1 amide bonds. The van der Waals surface area contributed by atoms with Crippen molar-refractivity contribution < 1.29 is 9.53 Å². The van der Waals surface area contributed by atoms with Gasteiger partial charge in [0.1, 0.15) is 0 Å². The van der Waals surface area contributed by atoms with Gasteiger partial charge in [0.25, 0.3) is 0 Å². The van der Waals surface area contributed by atoms with E-state index in [0.717, 1.165) is 11.3 Å². The van der Waals surface area contributed by atoms with Crippen molar-refractivity contribution in [2.75, 3.05) is 6.61 Å². The molecule has 0 atom stereocenters. The lowest BCUT2D eigenvalue weighted by Gasteiger charge is -2.17. The molecule has 0 aliphatic carbocycles. The van der Waals surface area contributed by atoms with Crippen LogP contribution in [0, 0.1) is 0 Å². The highest BCUT2D eigenvalue weighted by Crippen LogP contribution is 2.13. The molecule has 1 aliphatic heterocycles. The molecule has 0 fully saturated rings. The molecule has 0 bridgehead atoms. The van der Waals surface area contributed by atoms with E-state index < -0.39 is 0 Å². The van der Waals surface area contributed by atoms with E-state index in [0.29, 0.717) is 6.61 Å². The Hall–Kier alpha value is -1.51. The van der Waals surface area contributed by atoms with Gasteiger partial charge in [-0.2, -0.15) is 0 Å². The Balaban J connectivity index is 2.82. The highest BCUT2D eigenvalue weighted by molar-refractivity contribution is 5.71. The highest BCUT2D eigenvalue weighted by atomic mass is 16.6. The van der Waals surface area contributed by atoms with E-state index in [-0.39, 0.29) is 6.09 Å². The molecule has 1 rings (SSSR count). The lowest BCUT2D eigenvalue weighted by atomic mass is 10.2. The van der Waals surface area contributed by atoms with Gasteiger partial charge in [0.05, 0.1) is 6.61 Å². The quantitative estimate of drug-likeness (QED) is 0.640. The van der Waals surface area contributed by atoms with E-state index in [9.17, 15) is 4.79 Å². The van der Waals surface area contributed by atoms with Gasteiger partial charge in [-0.05, 0) is 38.5 Å². The van der Waals surface area contributed by atoms with Crippen molar-refractivity contribution in [3.05, 3.63) is 35.7 Å². The van der Waals surface area contributed by atoms with E-state index >= 15 is 0 Å². The smallest absolute Gasteiger partial charge is 0.418 e. The van der Waals surface area contributed by atoms with Gasteiger partial charge in [-0.25, -0.2) is 4.79 Å². The van der Waals surface area contributed by atoms with Crippen molar-refractivity contribution in [1.82, 2.24) is 4.90 Å². The number of carbonyl (C=O) groups excluding carboxylic acids is 1. The van der Waals surface area contributed by atoms with Crippen LogP contribution < -0.4 is 0 Å². The lowest BCUT2D eigenvalue weighted by Crippen LogP contribution is -2.24. The molecular weight excluding hydrogens is 178 g/mol. The van der Waals surface area contributed by atoms with E-state index in [1.54, 1.807) is 13.1 Å². The van der Waals surface area contributed by atoms with E-state index in [4.69, 9.17) is 4.74 Å². The zero-order chi connectivity index (χ0) is 10.6. The SMILES string of the molecule is CCOC(=O)N1C=CC=C(C)C=C1C. The van der Waals surface area contributed by atoms with E-state index in [1.165, 1.54) is 4.90 Å². The number of allylic oxidation sites excluding steroid dienone is 5. The van der Waals surface area contributed by atoms with Crippen LogP contribution in [-0.2, 0) is 4.74 Å². The van der Waals surface area contributed by atoms with Gasteiger partial charge >= 0.3 is 6.09 Å². The van der Waals surface area contributed by atoms with Crippen molar-refractivity contribution in [3.8, 4) is 0 Å². The number of hydrogen-bond acceptors (Lipinski definition) is 2. The van der Waals surface area contributed by atoms with Crippen molar-refractivity contribution in [2.24, 2.45) is 0 Å². The Labute approximate surface area is 84.3 Å². The first-order valence-electron chi connectivity index (χ1n) is 4.64. The Morgan fingerprint density at radius 2 is 2.21 bits per heavy atom. The van der Waals surface area contributed by atoms with Crippen molar-refractivity contribution in [2.45, 2.75) is 20.8 Å². The standard InChI is InChI=1S/C11H15NO2/c1-4-14-11(13)12-7-5-6-9(2)8-10(12)3/h5-8H,4H2,1-3H3. The molecule has 0 radical (unpaired) electrons. The summed E-state index contributed by atoms with van der Waals surface area (Å²) in [5.74, 6) is 0. The molecule has 1 aliphatic rings. The summed E-state index contributed by atoms with van der Waals surface area (Å²) in [5.41, 5.74) is 1.98. The molecule has 14 heavy (non-hydrogen) atoms. The Bertz CT molecular complexity index is 313. The average Bonchev–Trinajstić information content (AvgIpc) is 2.27. The average molecular weight is 193 g/mol. The van der Waals surface area contributed by atoms with Gasteiger partial charge in [-0.15, -0.1) is 0 Å². The summed E-state index contributed by atoms with van der Waals surface area (Å²) in [4.78, 5) is 13.0. The molecule has 0 saturated carbocycles. The van der Waals surface area contributed by atoms with Crippen LogP contribution in [0.5, 0.6) is 0 Å². The first-order chi connectivity index (χ1) is 6.65. The van der Waals surface area contributed by atoms with Gasteiger partial charge in [0.15, 0.2) is 0 Å². The van der Waals surface area contributed by atoms with Crippen LogP contribution in [0.15, 0.2) is 35.7 Å². The van der Waals surface area contributed by atoms with Crippen LogP contribution in [0.1, 0.15) is 20.8 Å². The fraction of sp³-hybridized carbons (Fsp3) is 0.364. The maximum absolute atomic E-state index is 11.5. The summed E-state index contributed by atoms with van der Waals surface area (Å²) in [7, 11) is 0. The maximum atomic E-state index is 11.5. The Morgan fingerprint density at radius 1 is 1.50 bits per heavy atom. The predicted octanol–water partition coefficient (Wildman–Crippen LogP) is 2.82. The first kappa shape index (κ1) is 10.6. The van der Waals surface area contributed by atoms with Gasteiger partial charge in [-0.1, -0.05) is 6.08 Å². The van der Waals surface area contributed by atoms with Gasteiger partial charge < -0.3 is 4.74 Å². The molecule has 0 aromatic rings. The van der Waals surface area contributed by atoms with Crippen molar-refractivity contribution in [3.63, 3.8) is 0 Å². The molecule has 0 unspecified atom stereocenters. The lowest BCUT2D eigenvalue weighted by molar-refractivity contribution is 0.130. The third-order valence-corrected chi connectivity index (χ3v) is 1.88. The van der Waals surface area contributed by atoms with Gasteiger partial charge in [0.2, 0.25) is 0 Å². The molecular formula is C11H15NO2. The van der Waals surface area contributed by atoms with Crippen LogP contribution >= 0.6 is 0 Å². The number of rotatable bonds is 1. The molecule has 3 nitrogen and oxygen atoms in total. The number of nitrogens with zero attached hydrogens (tertiary/aromatic N) is 1. The van der Waals surface area contributed by atoms with Crippen LogP contribution in [0.4, 0.5) is 4.79 Å². The minimum absolute atomic E-state index is 0.333. The van der Waals surface area contributed by atoms with Crippen LogP contribution in [0.25, 0.3) is 0 Å². The number of hydrogen-bond donors (Lipinski definition) is 0. The second-order valence-electron chi connectivity index (χ2n) is 3.11. The maximum Gasteiger partial charge on any atom is 0.418 e. The van der Waals surface area contributed by atoms with E-state index in [1.807, 2.05) is 32.1 Å². The van der Waals surface area contributed by atoms with Crippen LogP contribution in [-0.4, -0.2) is 17.6 Å². The minimum atomic E-state index is -0.333. The fourth-order valence-electron chi connectivity index (χ4n) is 1.24.